The number of halogens is 1. The maximum atomic E-state index is 12.2. The third-order valence-corrected chi connectivity index (χ3v) is 5.86. The summed E-state index contributed by atoms with van der Waals surface area (Å²) < 4.78 is 1.19. The number of benzene rings is 2. The summed E-state index contributed by atoms with van der Waals surface area (Å²) in [5.41, 5.74) is 2.95. The van der Waals surface area contributed by atoms with Crippen molar-refractivity contribution in [2.45, 2.75) is 18.2 Å². The van der Waals surface area contributed by atoms with Crippen LogP contribution in [0.1, 0.15) is 12.5 Å². The average Bonchev–Trinajstić information content (AvgIpc) is 3.06. The zero-order valence-electron chi connectivity index (χ0n) is 13.7. The van der Waals surface area contributed by atoms with E-state index in [2.05, 4.69) is 51.9 Å². The summed E-state index contributed by atoms with van der Waals surface area (Å²) in [6.07, 6.45) is 0.357. The highest BCUT2D eigenvalue weighted by Gasteiger charge is 2.09. The summed E-state index contributed by atoms with van der Waals surface area (Å²) in [5, 5.41) is 5.50. The number of carbonyl (C=O) groups is 1. The normalized spacial score (nSPS) is 10.6. The van der Waals surface area contributed by atoms with Crippen molar-refractivity contribution in [3.05, 3.63) is 63.0 Å². The highest BCUT2D eigenvalue weighted by Crippen LogP contribution is 2.25. The first-order valence-corrected chi connectivity index (χ1v) is 10.8. The summed E-state index contributed by atoms with van der Waals surface area (Å²) in [4.78, 5) is 18.0. The molecule has 25 heavy (non-hydrogen) atoms. The fraction of sp³-hybridized carbons (Fsp3) is 0.158. The monoisotopic (exact) mass is 480 g/mol. The number of hydrogen-bond acceptors (Lipinski definition) is 4. The largest absolute Gasteiger partial charge is 0.302 e. The van der Waals surface area contributed by atoms with Crippen molar-refractivity contribution in [3.63, 3.8) is 0 Å². The molecular formula is C19H17IN2OS2. The summed E-state index contributed by atoms with van der Waals surface area (Å²) in [5.74, 6) is 1.01. The van der Waals surface area contributed by atoms with Crippen LogP contribution in [0.3, 0.4) is 0 Å². The first kappa shape index (κ1) is 18.4. The number of nitrogens with zero attached hydrogens (tertiary/aromatic N) is 1. The number of carbonyl (C=O) groups excluding carboxylic acids is 1. The van der Waals surface area contributed by atoms with Crippen LogP contribution >= 0.6 is 45.7 Å². The van der Waals surface area contributed by atoms with Crippen LogP contribution in [0.15, 0.2) is 58.8 Å². The molecule has 0 aliphatic rings. The summed E-state index contributed by atoms with van der Waals surface area (Å²) in [7, 11) is 0. The van der Waals surface area contributed by atoms with Gasteiger partial charge in [-0.25, -0.2) is 4.98 Å². The Morgan fingerprint density at radius 3 is 2.56 bits per heavy atom. The topological polar surface area (TPSA) is 42.0 Å². The molecule has 0 spiro atoms. The van der Waals surface area contributed by atoms with E-state index in [1.807, 2.05) is 41.8 Å². The second-order valence-electron chi connectivity index (χ2n) is 5.35. The lowest BCUT2D eigenvalue weighted by Gasteiger charge is -2.04. The number of thioether (sulfide) groups is 1. The number of anilines is 1. The van der Waals surface area contributed by atoms with Crippen molar-refractivity contribution in [2.75, 3.05) is 11.1 Å². The second-order valence-corrected chi connectivity index (χ2v) is 8.79. The Kier molecular flexibility index (Phi) is 6.50. The molecule has 3 rings (SSSR count). The van der Waals surface area contributed by atoms with Gasteiger partial charge in [-0.3, -0.25) is 4.79 Å². The van der Waals surface area contributed by atoms with Gasteiger partial charge in [0.05, 0.1) is 12.1 Å². The van der Waals surface area contributed by atoms with Crippen LogP contribution in [0.2, 0.25) is 0 Å². The van der Waals surface area contributed by atoms with E-state index in [0.29, 0.717) is 11.6 Å². The Morgan fingerprint density at radius 1 is 1.16 bits per heavy atom. The Balaban J connectivity index is 1.60. The fourth-order valence-corrected chi connectivity index (χ4v) is 4.06. The molecule has 0 aliphatic heterocycles. The minimum Gasteiger partial charge on any atom is -0.302 e. The van der Waals surface area contributed by atoms with E-state index in [1.165, 1.54) is 19.8 Å². The highest BCUT2D eigenvalue weighted by molar-refractivity contribution is 14.1. The molecule has 3 nitrogen and oxygen atoms in total. The van der Waals surface area contributed by atoms with Gasteiger partial charge in [0, 0.05) is 19.4 Å². The summed E-state index contributed by atoms with van der Waals surface area (Å²) >= 11 is 5.52. The molecule has 1 amide bonds. The van der Waals surface area contributed by atoms with E-state index in [0.717, 1.165) is 22.6 Å². The van der Waals surface area contributed by atoms with E-state index in [-0.39, 0.29) is 5.91 Å². The van der Waals surface area contributed by atoms with Crippen LogP contribution in [0.5, 0.6) is 0 Å². The lowest BCUT2D eigenvalue weighted by atomic mass is 10.1. The Labute approximate surface area is 169 Å². The number of amides is 1. The molecule has 2 aromatic carbocycles. The van der Waals surface area contributed by atoms with Gasteiger partial charge in [0.2, 0.25) is 5.91 Å². The van der Waals surface area contributed by atoms with E-state index in [4.69, 9.17) is 0 Å². The molecule has 1 heterocycles. The highest BCUT2D eigenvalue weighted by atomic mass is 127. The summed E-state index contributed by atoms with van der Waals surface area (Å²) in [6.45, 7) is 2.13. The van der Waals surface area contributed by atoms with Crippen LogP contribution in [-0.4, -0.2) is 16.6 Å². The van der Waals surface area contributed by atoms with Crippen molar-refractivity contribution in [1.29, 1.82) is 0 Å². The van der Waals surface area contributed by atoms with Crippen molar-refractivity contribution in [1.82, 2.24) is 4.98 Å². The molecule has 6 heteroatoms. The van der Waals surface area contributed by atoms with E-state index < -0.39 is 0 Å². The Hall–Kier alpha value is -1.38. The molecule has 0 unspecified atom stereocenters. The van der Waals surface area contributed by atoms with Crippen molar-refractivity contribution in [3.8, 4) is 11.3 Å². The van der Waals surface area contributed by atoms with E-state index in [1.54, 1.807) is 11.8 Å². The SMILES string of the molecule is CCSc1ccc(CC(=O)Nc2nc(-c3ccc(I)cc3)cs2)cc1. The molecule has 0 bridgehead atoms. The van der Waals surface area contributed by atoms with Gasteiger partial charge in [-0.15, -0.1) is 23.1 Å². The number of aromatic nitrogens is 1. The van der Waals surface area contributed by atoms with E-state index >= 15 is 0 Å². The molecule has 0 saturated carbocycles. The molecule has 0 radical (unpaired) electrons. The average molecular weight is 480 g/mol. The van der Waals surface area contributed by atoms with Crippen LogP contribution in [0.25, 0.3) is 11.3 Å². The molecular weight excluding hydrogens is 463 g/mol. The fourth-order valence-electron chi connectivity index (χ4n) is 2.30. The van der Waals surface area contributed by atoms with Gasteiger partial charge >= 0.3 is 0 Å². The maximum absolute atomic E-state index is 12.2. The molecule has 0 aliphatic carbocycles. The lowest BCUT2D eigenvalue weighted by Crippen LogP contribution is -2.14. The Bertz CT molecular complexity index is 845. The first-order valence-electron chi connectivity index (χ1n) is 7.87. The minimum absolute atomic E-state index is 0.0422. The molecule has 0 fully saturated rings. The van der Waals surface area contributed by atoms with Gasteiger partial charge in [0.1, 0.15) is 0 Å². The van der Waals surface area contributed by atoms with Crippen molar-refractivity contribution in [2.24, 2.45) is 0 Å². The molecule has 0 saturated heterocycles. The standard InChI is InChI=1S/C19H17IN2OS2/c1-2-24-16-9-3-13(4-10-16)11-18(23)22-19-21-17(12-25-19)14-5-7-15(20)8-6-14/h3-10,12H,2,11H2,1H3,(H,21,22,23). The van der Waals surface area contributed by atoms with Gasteiger partial charge in [-0.2, -0.15) is 0 Å². The van der Waals surface area contributed by atoms with Gasteiger partial charge in [-0.1, -0.05) is 31.2 Å². The smallest absolute Gasteiger partial charge is 0.230 e. The van der Waals surface area contributed by atoms with Gasteiger partial charge < -0.3 is 5.32 Å². The van der Waals surface area contributed by atoms with Gasteiger partial charge in [-0.05, 0) is 58.2 Å². The Morgan fingerprint density at radius 2 is 1.88 bits per heavy atom. The second kappa shape index (κ2) is 8.82. The lowest BCUT2D eigenvalue weighted by molar-refractivity contribution is -0.115. The number of rotatable bonds is 6. The van der Waals surface area contributed by atoms with Crippen LogP contribution < -0.4 is 5.32 Å². The minimum atomic E-state index is -0.0422. The number of thiazole rings is 1. The quantitative estimate of drug-likeness (QED) is 0.363. The van der Waals surface area contributed by atoms with Gasteiger partial charge in [0.15, 0.2) is 5.13 Å². The van der Waals surface area contributed by atoms with Crippen LogP contribution in [0, 0.1) is 3.57 Å². The maximum Gasteiger partial charge on any atom is 0.230 e. The predicted molar refractivity (Wildman–Crippen MR) is 115 cm³/mol. The van der Waals surface area contributed by atoms with Crippen LogP contribution in [-0.2, 0) is 11.2 Å². The van der Waals surface area contributed by atoms with E-state index in [9.17, 15) is 4.79 Å². The number of nitrogens with one attached hydrogen (secondary N) is 1. The third-order valence-electron chi connectivity index (χ3n) is 3.49. The summed E-state index contributed by atoms with van der Waals surface area (Å²) in [6, 6.07) is 16.3. The number of hydrogen-bond donors (Lipinski definition) is 1. The predicted octanol–water partition coefficient (Wildman–Crippen LogP) is 5.71. The zero-order chi connectivity index (χ0) is 17.6. The third kappa shape index (κ3) is 5.29. The molecule has 0 atom stereocenters. The van der Waals surface area contributed by atoms with Gasteiger partial charge in [0.25, 0.3) is 0 Å². The van der Waals surface area contributed by atoms with Crippen molar-refractivity contribution >= 4 is 56.7 Å². The molecule has 3 aromatic rings. The molecule has 128 valence electrons. The molecule has 1 aromatic heterocycles. The first-order chi connectivity index (χ1) is 12.1. The van der Waals surface area contributed by atoms with Crippen LogP contribution in [0.4, 0.5) is 5.13 Å². The molecule has 1 N–H and O–H groups in total. The van der Waals surface area contributed by atoms with Crippen molar-refractivity contribution < 1.29 is 4.79 Å². The zero-order valence-corrected chi connectivity index (χ0v) is 17.5.